The number of hydrogen-bond acceptors (Lipinski definition) is 5. The van der Waals surface area contributed by atoms with Crippen LogP contribution in [0.3, 0.4) is 0 Å². The highest BCUT2D eigenvalue weighted by Gasteiger charge is 2.10. The second kappa shape index (κ2) is 4.41. The van der Waals surface area contributed by atoms with Crippen molar-refractivity contribution in [1.82, 2.24) is 9.97 Å². The summed E-state index contributed by atoms with van der Waals surface area (Å²) >= 11 is 0. The molecule has 0 fully saturated rings. The topological polar surface area (TPSA) is 88.2 Å². The molecule has 0 aliphatic carbocycles. The predicted molar refractivity (Wildman–Crippen MR) is 68.5 cm³/mol. The molecule has 94 valence electrons. The van der Waals surface area contributed by atoms with E-state index in [-0.39, 0.29) is 11.7 Å². The maximum Gasteiger partial charge on any atom is 0.357 e. The van der Waals surface area contributed by atoms with Crippen molar-refractivity contribution in [3.05, 3.63) is 48.5 Å². The van der Waals surface area contributed by atoms with Gasteiger partial charge in [0.05, 0.1) is 17.4 Å². The van der Waals surface area contributed by atoms with Crippen molar-refractivity contribution in [2.75, 3.05) is 5.32 Å². The number of oxazole rings is 1. The van der Waals surface area contributed by atoms with Crippen LogP contribution >= 0.6 is 0 Å². The van der Waals surface area contributed by atoms with E-state index in [0.717, 1.165) is 17.2 Å². The third-order valence-corrected chi connectivity index (χ3v) is 2.57. The average molecular weight is 255 g/mol. The Morgan fingerprint density at radius 2 is 2.16 bits per heavy atom. The third-order valence-electron chi connectivity index (χ3n) is 2.57. The van der Waals surface area contributed by atoms with E-state index in [0.29, 0.717) is 5.69 Å². The molecule has 0 unspecified atom stereocenters. The number of benzene rings is 1. The largest absolute Gasteiger partial charge is 0.476 e. The van der Waals surface area contributed by atoms with Crippen LogP contribution in [0.25, 0.3) is 10.9 Å². The van der Waals surface area contributed by atoms with E-state index in [4.69, 9.17) is 9.52 Å². The molecule has 0 amide bonds. The highest BCUT2D eigenvalue weighted by atomic mass is 16.4. The van der Waals surface area contributed by atoms with E-state index in [1.54, 1.807) is 6.20 Å². The van der Waals surface area contributed by atoms with Gasteiger partial charge < -0.3 is 14.8 Å². The fourth-order valence-electron chi connectivity index (χ4n) is 1.69. The Morgan fingerprint density at radius 1 is 1.32 bits per heavy atom. The Hall–Kier alpha value is -2.89. The zero-order chi connectivity index (χ0) is 13.2. The molecule has 0 aliphatic rings. The van der Waals surface area contributed by atoms with Gasteiger partial charge in [-0.1, -0.05) is 18.2 Å². The molecule has 0 spiro atoms. The maximum atomic E-state index is 10.7. The van der Waals surface area contributed by atoms with Gasteiger partial charge in [0.2, 0.25) is 0 Å². The van der Waals surface area contributed by atoms with Gasteiger partial charge in [-0.05, 0) is 12.1 Å². The summed E-state index contributed by atoms with van der Waals surface area (Å²) in [5, 5.41) is 12.6. The van der Waals surface area contributed by atoms with Crippen molar-refractivity contribution >= 4 is 28.6 Å². The number of carboxylic acids is 1. The van der Waals surface area contributed by atoms with Crippen LogP contribution < -0.4 is 5.32 Å². The standard InChI is InChI=1S/C13H9N3O3/c17-12(18)11-7-19-13(16-11)15-9-5-8-3-1-2-4-10(8)14-6-9/h1-7H,(H,15,16)(H,17,18). The van der Waals surface area contributed by atoms with E-state index in [9.17, 15) is 4.79 Å². The summed E-state index contributed by atoms with van der Waals surface area (Å²) in [6.07, 6.45) is 2.71. The molecule has 3 rings (SSSR count). The number of carboxylic acid groups (broad SMARTS) is 1. The van der Waals surface area contributed by atoms with Crippen molar-refractivity contribution in [3.8, 4) is 0 Å². The fourth-order valence-corrected chi connectivity index (χ4v) is 1.69. The highest BCUT2D eigenvalue weighted by molar-refractivity contribution is 5.85. The number of hydrogen-bond donors (Lipinski definition) is 2. The molecule has 0 atom stereocenters. The Kier molecular flexibility index (Phi) is 2.60. The minimum atomic E-state index is -1.13. The predicted octanol–water partition coefficient (Wildman–Crippen LogP) is 2.66. The lowest BCUT2D eigenvalue weighted by Gasteiger charge is -2.02. The molecular weight excluding hydrogens is 246 g/mol. The molecule has 0 bridgehead atoms. The van der Waals surface area contributed by atoms with Gasteiger partial charge >= 0.3 is 5.97 Å². The van der Waals surface area contributed by atoms with Crippen LogP contribution in [0.4, 0.5) is 11.7 Å². The normalized spacial score (nSPS) is 10.5. The second-order valence-corrected chi connectivity index (χ2v) is 3.88. The lowest BCUT2D eigenvalue weighted by atomic mass is 10.2. The quantitative estimate of drug-likeness (QED) is 0.748. The van der Waals surface area contributed by atoms with Crippen molar-refractivity contribution in [3.63, 3.8) is 0 Å². The van der Waals surface area contributed by atoms with Crippen LogP contribution in [-0.4, -0.2) is 21.0 Å². The van der Waals surface area contributed by atoms with Gasteiger partial charge in [-0.15, -0.1) is 0 Å². The first-order valence-electron chi connectivity index (χ1n) is 5.53. The van der Waals surface area contributed by atoms with Gasteiger partial charge in [0, 0.05) is 5.39 Å². The van der Waals surface area contributed by atoms with Gasteiger partial charge in [0.25, 0.3) is 6.01 Å². The maximum absolute atomic E-state index is 10.7. The average Bonchev–Trinajstić information content (AvgIpc) is 2.87. The molecule has 6 nitrogen and oxygen atoms in total. The molecule has 1 aromatic carbocycles. The van der Waals surface area contributed by atoms with Gasteiger partial charge in [-0.3, -0.25) is 4.98 Å². The van der Waals surface area contributed by atoms with E-state index >= 15 is 0 Å². The molecule has 2 aromatic heterocycles. The van der Waals surface area contributed by atoms with Crippen LogP contribution in [0.15, 0.2) is 47.2 Å². The van der Waals surface area contributed by atoms with E-state index in [1.807, 2.05) is 30.3 Å². The van der Waals surface area contributed by atoms with Crippen LogP contribution in [0.2, 0.25) is 0 Å². The lowest BCUT2D eigenvalue weighted by Crippen LogP contribution is -1.97. The number of rotatable bonds is 3. The Bertz CT molecular complexity index is 751. The first-order chi connectivity index (χ1) is 9.22. The summed E-state index contributed by atoms with van der Waals surface area (Å²) in [5.74, 6) is -1.13. The molecule has 0 saturated carbocycles. The lowest BCUT2D eigenvalue weighted by molar-refractivity contribution is 0.0690. The van der Waals surface area contributed by atoms with Crippen LogP contribution in [0, 0.1) is 0 Å². The minimum Gasteiger partial charge on any atom is -0.476 e. The van der Waals surface area contributed by atoms with E-state index < -0.39 is 5.97 Å². The Labute approximate surface area is 107 Å². The SMILES string of the molecule is O=C(O)c1coc(Nc2cnc3ccccc3c2)n1. The van der Waals surface area contributed by atoms with Gasteiger partial charge in [-0.2, -0.15) is 4.98 Å². The number of fused-ring (bicyclic) bond motifs is 1. The monoisotopic (exact) mass is 255 g/mol. The number of aromatic nitrogens is 2. The zero-order valence-electron chi connectivity index (χ0n) is 9.70. The van der Waals surface area contributed by atoms with Crippen molar-refractivity contribution in [2.24, 2.45) is 0 Å². The molecule has 19 heavy (non-hydrogen) atoms. The first kappa shape index (κ1) is 11.2. The molecule has 2 N–H and O–H groups in total. The van der Waals surface area contributed by atoms with Crippen molar-refractivity contribution < 1.29 is 14.3 Å². The summed E-state index contributed by atoms with van der Waals surface area (Å²) in [5.41, 5.74) is 1.42. The molecular formula is C13H9N3O3. The molecule has 0 aliphatic heterocycles. The Morgan fingerprint density at radius 3 is 2.95 bits per heavy atom. The summed E-state index contributed by atoms with van der Waals surface area (Å²) < 4.78 is 5.01. The molecule has 3 aromatic rings. The van der Waals surface area contributed by atoms with Gasteiger partial charge in [0.15, 0.2) is 5.69 Å². The van der Waals surface area contributed by atoms with Gasteiger partial charge in [-0.25, -0.2) is 4.79 Å². The van der Waals surface area contributed by atoms with E-state index in [2.05, 4.69) is 15.3 Å². The Balaban J connectivity index is 1.89. The van der Waals surface area contributed by atoms with E-state index in [1.165, 1.54) is 0 Å². The van der Waals surface area contributed by atoms with Crippen molar-refractivity contribution in [2.45, 2.75) is 0 Å². The number of aromatic carboxylic acids is 1. The van der Waals surface area contributed by atoms with Crippen LogP contribution in [-0.2, 0) is 0 Å². The molecule has 0 radical (unpaired) electrons. The fraction of sp³-hybridized carbons (Fsp3) is 0. The molecule has 2 heterocycles. The number of para-hydroxylation sites is 1. The molecule has 6 heteroatoms. The number of carbonyl (C=O) groups is 1. The number of nitrogens with zero attached hydrogens (tertiary/aromatic N) is 2. The number of nitrogens with one attached hydrogen (secondary N) is 1. The van der Waals surface area contributed by atoms with Gasteiger partial charge in [0.1, 0.15) is 6.26 Å². The summed E-state index contributed by atoms with van der Waals surface area (Å²) in [6, 6.07) is 9.68. The smallest absolute Gasteiger partial charge is 0.357 e. The van der Waals surface area contributed by atoms with Crippen LogP contribution in [0.5, 0.6) is 0 Å². The summed E-state index contributed by atoms with van der Waals surface area (Å²) in [7, 11) is 0. The number of anilines is 2. The summed E-state index contributed by atoms with van der Waals surface area (Å²) in [4.78, 5) is 18.7. The zero-order valence-corrected chi connectivity index (χ0v) is 9.70. The second-order valence-electron chi connectivity index (χ2n) is 3.88. The third kappa shape index (κ3) is 2.23. The molecule has 0 saturated heterocycles. The van der Waals surface area contributed by atoms with Crippen LogP contribution in [0.1, 0.15) is 10.5 Å². The van der Waals surface area contributed by atoms with Crippen molar-refractivity contribution in [1.29, 1.82) is 0 Å². The minimum absolute atomic E-state index is 0.120. The first-order valence-corrected chi connectivity index (χ1v) is 5.53. The number of pyridine rings is 1. The summed E-state index contributed by atoms with van der Waals surface area (Å²) in [6.45, 7) is 0. The highest BCUT2D eigenvalue weighted by Crippen LogP contribution is 2.19.